The lowest BCUT2D eigenvalue weighted by molar-refractivity contribution is -0.151. The van der Waals surface area contributed by atoms with Crippen molar-refractivity contribution in [3.05, 3.63) is 42.0 Å². The summed E-state index contributed by atoms with van der Waals surface area (Å²) < 4.78 is 5.65. The van der Waals surface area contributed by atoms with Crippen molar-refractivity contribution in [2.45, 2.75) is 24.9 Å². The molecule has 3 rings (SSSR count). The Bertz CT molecular complexity index is 559. The van der Waals surface area contributed by atoms with Gasteiger partial charge < -0.3 is 9.64 Å². The molecule has 1 unspecified atom stereocenters. The zero-order chi connectivity index (χ0) is 14.7. The highest BCUT2D eigenvalue weighted by atomic mass is 16.5. The van der Waals surface area contributed by atoms with E-state index in [0.717, 1.165) is 18.4 Å². The van der Waals surface area contributed by atoms with Gasteiger partial charge in [-0.3, -0.25) is 9.59 Å². The molecule has 2 aliphatic heterocycles. The zero-order valence-electron chi connectivity index (χ0n) is 12.0. The number of ketones is 1. The third-order valence-corrected chi connectivity index (χ3v) is 4.26. The fourth-order valence-corrected chi connectivity index (χ4v) is 2.99. The number of nitrogens with zero attached hydrogens (tertiary/aromatic N) is 1. The Balaban J connectivity index is 1.62. The smallest absolute Gasteiger partial charge is 0.246 e. The summed E-state index contributed by atoms with van der Waals surface area (Å²) in [5.74, 6) is -0.0623. The minimum Gasteiger partial charge on any atom is -0.367 e. The van der Waals surface area contributed by atoms with E-state index in [1.54, 1.807) is 11.0 Å². The van der Waals surface area contributed by atoms with E-state index >= 15 is 0 Å². The van der Waals surface area contributed by atoms with Gasteiger partial charge in [0.2, 0.25) is 5.91 Å². The number of hydrogen-bond acceptors (Lipinski definition) is 3. The molecular weight excluding hydrogens is 266 g/mol. The van der Waals surface area contributed by atoms with Crippen molar-refractivity contribution in [3.8, 4) is 0 Å². The second-order valence-corrected chi connectivity index (χ2v) is 5.62. The molecule has 1 atom stereocenters. The molecule has 2 saturated heterocycles. The summed E-state index contributed by atoms with van der Waals surface area (Å²) in [6.45, 7) is 1.41. The lowest BCUT2D eigenvalue weighted by Crippen LogP contribution is -2.53. The van der Waals surface area contributed by atoms with Crippen LogP contribution in [0.5, 0.6) is 0 Å². The summed E-state index contributed by atoms with van der Waals surface area (Å²) in [7, 11) is 0. The van der Waals surface area contributed by atoms with Crippen molar-refractivity contribution in [3.63, 3.8) is 0 Å². The van der Waals surface area contributed by atoms with E-state index in [0.29, 0.717) is 19.6 Å². The topological polar surface area (TPSA) is 46.6 Å². The molecule has 0 bridgehead atoms. The number of hydrogen-bond donors (Lipinski definition) is 0. The molecule has 4 heteroatoms. The Morgan fingerprint density at radius 2 is 2.05 bits per heavy atom. The first-order valence-electron chi connectivity index (χ1n) is 7.39. The van der Waals surface area contributed by atoms with Crippen LogP contribution in [0.1, 0.15) is 24.8 Å². The van der Waals surface area contributed by atoms with E-state index in [1.807, 2.05) is 30.3 Å². The number of likely N-dealkylation sites (tertiary alicyclic amines) is 1. The minimum absolute atomic E-state index is 0.0488. The monoisotopic (exact) mass is 285 g/mol. The number of carbonyl (C=O) groups excluding carboxylic acids is 2. The maximum atomic E-state index is 12.3. The number of Topliss-reactive ketones (excluding diaryl/α,β-unsaturated/α-hetero) is 1. The predicted octanol–water partition coefficient (Wildman–Crippen LogP) is 2.05. The largest absolute Gasteiger partial charge is 0.367 e. The second kappa shape index (κ2) is 5.82. The zero-order valence-corrected chi connectivity index (χ0v) is 12.0. The molecule has 0 radical (unpaired) electrons. The van der Waals surface area contributed by atoms with Crippen molar-refractivity contribution in [2.75, 3.05) is 19.7 Å². The lowest BCUT2D eigenvalue weighted by atomic mass is 9.87. The van der Waals surface area contributed by atoms with Crippen LogP contribution in [0.2, 0.25) is 0 Å². The molecule has 0 aliphatic carbocycles. The van der Waals surface area contributed by atoms with Crippen LogP contribution in [0.4, 0.5) is 0 Å². The predicted molar refractivity (Wildman–Crippen MR) is 79.6 cm³/mol. The normalized spacial score (nSPS) is 25.9. The van der Waals surface area contributed by atoms with Crippen LogP contribution in [0.25, 0.3) is 6.08 Å². The lowest BCUT2D eigenvalue weighted by Gasteiger charge is -2.36. The van der Waals surface area contributed by atoms with Crippen LogP contribution in [0.3, 0.4) is 0 Å². The highest BCUT2D eigenvalue weighted by molar-refractivity contribution is 5.98. The van der Waals surface area contributed by atoms with Gasteiger partial charge >= 0.3 is 0 Å². The summed E-state index contributed by atoms with van der Waals surface area (Å²) in [5, 5.41) is 0. The maximum absolute atomic E-state index is 12.3. The third kappa shape index (κ3) is 2.90. The molecule has 2 heterocycles. The molecule has 0 aromatic heterocycles. The first-order valence-corrected chi connectivity index (χ1v) is 7.39. The van der Waals surface area contributed by atoms with Crippen molar-refractivity contribution in [1.29, 1.82) is 0 Å². The van der Waals surface area contributed by atoms with Crippen LogP contribution in [0.15, 0.2) is 36.4 Å². The van der Waals surface area contributed by atoms with Crippen molar-refractivity contribution in [1.82, 2.24) is 4.90 Å². The van der Waals surface area contributed by atoms with Crippen molar-refractivity contribution in [2.24, 2.45) is 0 Å². The Morgan fingerprint density at radius 1 is 1.24 bits per heavy atom. The van der Waals surface area contributed by atoms with Gasteiger partial charge in [-0.05, 0) is 24.5 Å². The third-order valence-electron chi connectivity index (χ3n) is 4.26. The van der Waals surface area contributed by atoms with E-state index < -0.39 is 5.60 Å². The molecule has 1 aromatic rings. The minimum atomic E-state index is -0.597. The van der Waals surface area contributed by atoms with E-state index in [9.17, 15) is 9.59 Å². The summed E-state index contributed by atoms with van der Waals surface area (Å²) in [6.07, 6.45) is 5.68. The van der Waals surface area contributed by atoms with E-state index in [4.69, 9.17) is 4.74 Å². The number of rotatable bonds is 2. The summed E-state index contributed by atoms with van der Waals surface area (Å²) in [5.41, 5.74) is 0.379. The van der Waals surface area contributed by atoms with Gasteiger partial charge in [0.1, 0.15) is 5.60 Å². The first kappa shape index (κ1) is 14.0. The average molecular weight is 285 g/mol. The Hall–Kier alpha value is -1.94. The standard InChI is InChI=1S/C17H19NO3/c19-15-13-18(11-10-17(15)9-4-12-21-17)16(20)8-7-14-5-2-1-3-6-14/h1-3,5-8H,4,9-13H2/b8-7+. The molecule has 1 spiro atoms. The molecular formula is C17H19NO3. The van der Waals surface area contributed by atoms with Crippen molar-refractivity contribution < 1.29 is 14.3 Å². The molecule has 0 saturated carbocycles. The van der Waals surface area contributed by atoms with Gasteiger partial charge in [0.15, 0.2) is 5.78 Å². The van der Waals surface area contributed by atoms with E-state index in [2.05, 4.69) is 0 Å². The molecule has 1 amide bonds. The van der Waals surface area contributed by atoms with Crippen LogP contribution >= 0.6 is 0 Å². The van der Waals surface area contributed by atoms with Crippen LogP contribution < -0.4 is 0 Å². The highest BCUT2D eigenvalue weighted by Gasteiger charge is 2.46. The first-order chi connectivity index (χ1) is 10.2. The van der Waals surface area contributed by atoms with Crippen LogP contribution in [-0.4, -0.2) is 41.9 Å². The number of benzene rings is 1. The Kier molecular flexibility index (Phi) is 3.88. The van der Waals surface area contributed by atoms with Gasteiger partial charge in [-0.25, -0.2) is 0 Å². The number of amides is 1. The molecule has 4 nitrogen and oxygen atoms in total. The van der Waals surface area contributed by atoms with Gasteiger partial charge in [-0.1, -0.05) is 30.3 Å². The number of ether oxygens (including phenoxy) is 1. The van der Waals surface area contributed by atoms with Gasteiger partial charge in [0.25, 0.3) is 0 Å². The fourth-order valence-electron chi connectivity index (χ4n) is 2.99. The summed E-state index contributed by atoms with van der Waals surface area (Å²) >= 11 is 0. The van der Waals surface area contributed by atoms with Crippen LogP contribution in [-0.2, 0) is 14.3 Å². The Morgan fingerprint density at radius 3 is 2.71 bits per heavy atom. The summed E-state index contributed by atoms with van der Waals surface area (Å²) in [4.78, 5) is 26.0. The highest BCUT2D eigenvalue weighted by Crippen LogP contribution is 2.33. The number of carbonyl (C=O) groups is 2. The molecule has 0 N–H and O–H groups in total. The molecule has 1 aromatic carbocycles. The molecule has 2 fully saturated rings. The second-order valence-electron chi connectivity index (χ2n) is 5.62. The quantitative estimate of drug-likeness (QED) is 0.781. The molecule has 110 valence electrons. The number of piperidine rings is 1. The Labute approximate surface area is 124 Å². The van der Waals surface area contributed by atoms with Gasteiger partial charge in [0.05, 0.1) is 6.54 Å². The van der Waals surface area contributed by atoms with E-state index in [-0.39, 0.29) is 18.2 Å². The van der Waals surface area contributed by atoms with Crippen LogP contribution in [0, 0.1) is 0 Å². The maximum Gasteiger partial charge on any atom is 0.246 e. The van der Waals surface area contributed by atoms with Crippen molar-refractivity contribution >= 4 is 17.8 Å². The average Bonchev–Trinajstić information content (AvgIpc) is 2.99. The van der Waals surface area contributed by atoms with Gasteiger partial charge in [-0.2, -0.15) is 0 Å². The van der Waals surface area contributed by atoms with Gasteiger partial charge in [-0.15, -0.1) is 0 Å². The summed E-state index contributed by atoms with van der Waals surface area (Å²) in [6, 6.07) is 9.66. The van der Waals surface area contributed by atoms with Gasteiger partial charge in [0, 0.05) is 25.6 Å². The fraction of sp³-hybridized carbons (Fsp3) is 0.412. The molecule has 21 heavy (non-hydrogen) atoms. The van der Waals surface area contributed by atoms with E-state index in [1.165, 1.54) is 6.08 Å². The molecule has 2 aliphatic rings. The SMILES string of the molecule is O=C(/C=C/c1ccccc1)N1CCC2(CCCO2)C(=O)C1.